The Hall–Kier alpha value is -5.40. The highest BCUT2D eigenvalue weighted by atomic mass is 16.6. The number of carbonyl (C=O) groups is 6. The molecule has 5 amide bonds. The van der Waals surface area contributed by atoms with E-state index in [4.69, 9.17) is 9.47 Å². The summed E-state index contributed by atoms with van der Waals surface area (Å²) in [7, 11) is 2.75. The van der Waals surface area contributed by atoms with Gasteiger partial charge in [-0.25, -0.2) is 14.4 Å². The number of likely N-dealkylation sites (N-methyl/N-ethyl adjacent to an activating group) is 1. The first-order valence-electron chi connectivity index (χ1n) is 18.7. The zero-order valence-corrected chi connectivity index (χ0v) is 33.2. The molecule has 1 aromatic heterocycles. The Balaban J connectivity index is 1.40. The van der Waals surface area contributed by atoms with E-state index in [-0.39, 0.29) is 24.9 Å². The lowest BCUT2D eigenvalue weighted by atomic mass is 9.85. The third-order valence-electron chi connectivity index (χ3n) is 10.3. The molecule has 2 aromatic carbocycles. The van der Waals surface area contributed by atoms with E-state index in [2.05, 4.69) is 22.0 Å². The van der Waals surface area contributed by atoms with Crippen LogP contribution in [0.25, 0.3) is 10.9 Å². The Morgan fingerprint density at radius 2 is 1.65 bits per heavy atom. The molecule has 3 N–H and O–H groups in total. The Bertz CT molecular complexity index is 1960. The molecule has 1 fully saturated rings. The molecular weight excluding hydrogens is 704 g/mol. The molecule has 1 aliphatic carbocycles. The third-order valence-corrected chi connectivity index (χ3v) is 10.3. The van der Waals surface area contributed by atoms with Gasteiger partial charge < -0.3 is 30.3 Å². The van der Waals surface area contributed by atoms with Crippen molar-refractivity contribution in [3.05, 3.63) is 71.4 Å². The van der Waals surface area contributed by atoms with Gasteiger partial charge in [-0.2, -0.15) is 0 Å². The van der Waals surface area contributed by atoms with Gasteiger partial charge in [0.2, 0.25) is 17.7 Å². The van der Waals surface area contributed by atoms with Crippen LogP contribution in [0.3, 0.4) is 0 Å². The minimum atomic E-state index is -1.09. The van der Waals surface area contributed by atoms with E-state index in [1.54, 1.807) is 58.2 Å². The van der Waals surface area contributed by atoms with Crippen molar-refractivity contribution in [3.63, 3.8) is 0 Å². The van der Waals surface area contributed by atoms with Crippen LogP contribution in [0.4, 0.5) is 9.59 Å². The van der Waals surface area contributed by atoms with Crippen LogP contribution >= 0.6 is 0 Å². The molecule has 5 atom stereocenters. The maximum Gasteiger partial charge on any atom is 0.410 e. The quantitative estimate of drug-likeness (QED) is 0.272. The number of amides is 5. The fraction of sp³-hybridized carbons (Fsp3) is 0.512. The number of fused-ring (bicyclic) bond motifs is 2. The van der Waals surface area contributed by atoms with E-state index in [9.17, 15) is 28.8 Å². The van der Waals surface area contributed by atoms with Crippen molar-refractivity contribution in [2.45, 2.75) is 110 Å². The topological polar surface area (TPSA) is 168 Å². The van der Waals surface area contributed by atoms with Gasteiger partial charge in [0.1, 0.15) is 23.7 Å². The van der Waals surface area contributed by atoms with Gasteiger partial charge in [0, 0.05) is 25.2 Å². The van der Waals surface area contributed by atoms with Crippen molar-refractivity contribution in [2.24, 2.45) is 5.41 Å². The fourth-order valence-corrected chi connectivity index (χ4v) is 7.16. The van der Waals surface area contributed by atoms with E-state index in [0.717, 1.165) is 24.8 Å². The number of hydrogen-bond donors (Lipinski definition) is 3. The smallest absolute Gasteiger partial charge is 0.410 e. The second kappa shape index (κ2) is 16.1. The molecule has 3 aromatic rings. The maximum absolute atomic E-state index is 14.7. The van der Waals surface area contributed by atoms with Gasteiger partial charge >= 0.3 is 18.1 Å². The molecular formula is C41H54N6O8. The normalized spacial score (nSPS) is 19.4. The van der Waals surface area contributed by atoms with Crippen molar-refractivity contribution in [2.75, 3.05) is 20.7 Å². The van der Waals surface area contributed by atoms with E-state index in [1.807, 2.05) is 39.0 Å². The summed E-state index contributed by atoms with van der Waals surface area (Å²) in [6, 6.07) is 10.2. The predicted molar refractivity (Wildman–Crippen MR) is 206 cm³/mol. The lowest BCUT2D eigenvalue weighted by Gasteiger charge is -2.37. The molecule has 5 rings (SSSR count). The van der Waals surface area contributed by atoms with Crippen LogP contribution in [0.2, 0.25) is 0 Å². The first-order chi connectivity index (χ1) is 25.8. The Morgan fingerprint density at radius 3 is 2.33 bits per heavy atom. The summed E-state index contributed by atoms with van der Waals surface area (Å²) < 4.78 is 11.7. The van der Waals surface area contributed by atoms with Gasteiger partial charge in [0.25, 0.3) is 0 Å². The van der Waals surface area contributed by atoms with Crippen LogP contribution in [0.5, 0.6) is 0 Å². The van der Waals surface area contributed by atoms with Gasteiger partial charge in [-0.05, 0) is 94.2 Å². The summed E-state index contributed by atoms with van der Waals surface area (Å²) in [6.45, 7) is 12.2. The van der Waals surface area contributed by atoms with Crippen LogP contribution in [-0.4, -0.2) is 101 Å². The highest BCUT2D eigenvalue weighted by molar-refractivity contribution is 5.98. The molecule has 296 valence electrons. The second-order valence-electron chi connectivity index (χ2n) is 16.6. The first-order valence-corrected chi connectivity index (χ1v) is 18.7. The Morgan fingerprint density at radius 1 is 0.945 bits per heavy atom. The molecule has 14 heteroatoms. The number of aryl methyl sites for hydroxylation is 1. The zero-order chi connectivity index (χ0) is 40.4. The summed E-state index contributed by atoms with van der Waals surface area (Å²) in [5.74, 6) is -1.91. The molecule has 1 aliphatic heterocycles. The molecule has 0 saturated carbocycles. The van der Waals surface area contributed by atoms with E-state index in [0.29, 0.717) is 16.5 Å². The lowest BCUT2D eigenvalue weighted by molar-refractivity contribution is -0.144. The number of ether oxygens (including phenoxy) is 2. The monoisotopic (exact) mass is 758 g/mol. The van der Waals surface area contributed by atoms with Gasteiger partial charge in [-0.15, -0.1) is 0 Å². The molecule has 2 heterocycles. The molecule has 1 unspecified atom stereocenters. The molecule has 55 heavy (non-hydrogen) atoms. The number of methoxy groups -OCH3 is 1. The minimum absolute atomic E-state index is 0.00538. The van der Waals surface area contributed by atoms with Crippen molar-refractivity contribution >= 4 is 46.7 Å². The van der Waals surface area contributed by atoms with E-state index < -0.39 is 65.1 Å². The molecule has 2 aliphatic rings. The van der Waals surface area contributed by atoms with Gasteiger partial charge in [-0.1, -0.05) is 45.0 Å². The summed E-state index contributed by atoms with van der Waals surface area (Å²) in [6.07, 6.45) is 3.58. The summed E-state index contributed by atoms with van der Waals surface area (Å²) in [5.41, 5.74) is 1.53. The minimum Gasteiger partial charge on any atom is -0.465 e. The second-order valence-corrected chi connectivity index (χ2v) is 16.6. The van der Waals surface area contributed by atoms with E-state index in [1.165, 1.54) is 34.1 Å². The first kappa shape index (κ1) is 40.8. The SMILES string of the molecule is COC(=O)c1ccc2c(ccn2C(=O)N[C@H]2C[C@@H](C(=O)NC3CCCc4ccccc43)N(C(=O)[C@@H](NC(=O)[C@H](C)N(C)C(=O)OC(C)(C)C)C(C)(C)C)C2)c1. The fourth-order valence-electron chi connectivity index (χ4n) is 7.16. The number of rotatable bonds is 8. The number of carbonyl (C=O) groups excluding carboxylic acids is 6. The van der Waals surface area contributed by atoms with Crippen LogP contribution in [0.1, 0.15) is 95.3 Å². The molecule has 0 bridgehead atoms. The Kier molecular flexibility index (Phi) is 12.0. The maximum atomic E-state index is 14.7. The number of hydrogen-bond acceptors (Lipinski definition) is 8. The van der Waals surface area contributed by atoms with E-state index >= 15 is 0 Å². The average Bonchev–Trinajstić information content (AvgIpc) is 3.76. The van der Waals surface area contributed by atoms with Crippen LogP contribution < -0.4 is 16.0 Å². The lowest BCUT2D eigenvalue weighted by Crippen LogP contribution is -2.60. The number of aromatic nitrogens is 1. The largest absolute Gasteiger partial charge is 0.465 e. The molecule has 14 nitrogen and oxygen atoms in total. The number of likely N-dealkylation sites (tertiary alicyclic amines) is 1. The van der Waals surface area contributed by atoms with Crippen molar-refractivity contribution < 1.29 is 38.2 Å². The summed E-state index contributed by atoms with van der Waals surface area (Å²) >= 11 is 0. The highest BCUT2D eigenvalue weighted by Gasteiger charge is 2.46. The van der Waals surface area contributed by atoms with Crippen LogP contribution in [-0.2, 0) is 30.3 Å². The van der Waals surface area contributed by atoms with Gasteiger partial charge in [0.15, 0.2) is 0 Å². The number of nitrogens with one attached hydrogen (secondary N) is 3. The molecule has 0 spiro atoms. The van der Waals surface area contributed by atoms with Gasteiger partial charge in [-0.3, -0.25) is 23.9 Å². The van der Waals surface area contributed by atoms with Gasteiger partial charge in [0.05, 0.1) is 30.3 Å². The standard InChI is InChI=1S/C41H54N6O8/c1-24(45(8)39(53)55-41(5,6)7)34(48)44-33(40(2,3)4)36(50)47-23-28(22-32(47)35(49)43-30-16-12-14-25-13-10-11-15-29(25)30)42-38(52)46-20-19-26-21-27(37(51)54-9)17-18-31(26)46/h10-11,13,15,17-21,24,28,30,32-33H,12,14,16,22-23H2,1-9H3,(H,42,52)(H,43,49)(H,44,48)/t24-,28-,30?,32-,33+/m0/s1. The third kappa shape index (κ3) is 9.29. The van der Waals surface area contributed by atoms with Crippen LogP contribution in [0, 0.1) is 5.41 Å². The van der Waals surface area contributed by atoms with Crippen LogP contribution in [0.15, 0.2) is 54.7 Å². The molecule has 1 saturated heterocycles. The number of benzene rings is 2. The number of nitrogens with zero attached hydrogens (tertiary/aromatic N) is 3. The average molecular weight is 759 g/mol. The summed E-state index contributed by atoms with van der Waals surface area (Å²) in [4.78, 5) is 83.8. The Labute approximate surface area is 322 Å². The predicted octanol–water partition coefficient (Wildman–Crippen LogP) is 4.94. The van der Waals surface area contributed by atoms with Crippen molar-refractivity contribution in [3.8, 4) is 0 Å². The summed E-state index contributed by atoms with van der Waals surface area (Å²) in [5, 5.41) is 9.72. The highest BCUT2D eigenvalue weighted by Crippen LogP contribution is 2.32. The van der Waals surface area contributed by atoms with Crippen molar-refractivity contribution in [1.82, 2.24) is 30.3 Å². The zero-order valence-electron chi connectivity index (χ0n) is 33.2. The molecule has 0 radical (unpaired) electrons. The number of esters is 1. The van der Waals surface area contributed by atoms with Crippen molar-refractivity contribution in [1.29, 1.82) is 0 Å².